The summed E-state index contributed by atoms with van der Waals surface area (Å²) in [5.41, 5.74) is 4.31. The minimum absolute atomic E-state index is 0.0897. The molecule has 1 aromatic heterocycles. The van der Waals surface area contributed by atoms with Crippen LogP contribution in [0.15, 0.2) is 6.07 Å². The summed E-state index contributed by atoms with van der Waals surface area (Å²) in [4.78, 5) is 3.28. The first-order valence-electron chi connectivity index (χ1n) is 3.71. The highest BCUT2D eigenvalue weighted by Gasteiger charge is 2.15. The maximum Gasteiger partial charge on any atom is 0.280 e. The van der Waals surface area contributed by atoms with E-state index in [-0.39, 0.29) is 12.1 Å². The molecule has 0 atom stereocenters. The number of hydrogen-bond donors (Lipinski definition) is 2. The summed E-state index contributed by atoms with van der Waals surface area (Å²) in [7, 11) is 0. The number of alkyl halides is 2. The van der Waals surface area contributed by atoms with Crippen LogP contribution in [0.4, 0.5) is 8.78 Å². The van der Waals surface area contributed by atoms with E-state index in [1.54, 1.807) is 0 Å². The summed E-state index contributed by atoms with van der Waals surface area (Å²) in [6.45, 7) is -0.122. The van der Waals surface area contributed by atoms with E-state index in [1.165, 1.54) is 6.07 Å². The molecule has 0 aliphatic carbocycles. The Balaban J connectivity index is 3.34. The maximum absolute atomic E-state index is 12.2. The van der Waals surface area contributed by atoms with Gasteiger partial charge in [0.15, 0.2) is 11.4 Å². The summed E-state index contributed by atoms with van der Waals surface area (Å²) in [5.74, 6) is -0.431. The third kappa shape index (κ3) is 1.78. The normalized spacial score (nSPS) is 10.2. The molecule has 3 N–H and O–H groups in total. The van der Waals surface area contributed by atoms with Gasteiger partial charge in [0.05, 0.1) is 0 Å². The topological polar surface area (TPSA) is 82.9 Å². The fourth-order valence-corrected chi connectivity index (χ4v) is 0.959. The zero-order valence-corrected chi connectivity index (χ0v) is 7.04. The van der Waals surface area contributed by atoms with Crippen LogP contribution in [-0.4, -0.2) is 10.1 Å². The molecule has 1 heterocycles. The lowest BCUT2D eigenvalue weighted by Crippen LogP contribution is -2.02. The summed E-state index contributed by atoms with van der Waals surface area (Å²) in [5, 5.41) is 17.8. The first-order chi connectivity index (χ1) is 6.60. The van der Waals surface area contributed by atoms with Gasteiger partial charge < -0.3 is 10.8 Å². The number of hydrogen-bond acceptors (Lipinski definition) is 4. The van der Waals surface area contributed by atoms with E-state index in [9.17, 15) is 13.9 Å². The molecule has 0 aliphatic rings. The Morgan fingerprint density at radius 1 is 1.64 bits per heavy atom. The number of nitriles is 1. The van der Waals surface area contributed by atoms with Crippen LogP contribution >= 0.6 is 0 Å². The number of pyridine rings is 1. The van der Waals surface area contributed by atoms with Crippen LogP contribution in [0.3, 0.4) is 0 Å². The monoisotopic (exact) mass is 199 g/mol. The average Bonchev–Trinajstić information content (AvgIpc) is 2.17. The van der Waals surface area contributed by atoms with E-state index >= 15 is 0 Å². The van der Waals surface area contributed by atoms with Gasteiger partial charge >= 0.3 is 0 Å². The van der Waals surface area contributed by atoms with Gasteiger partial charge in [0.2, 0.25) is 0 Å². The molecular formula is C8H7F2N3O. The van der Waals surface area contributed by atoms with Gasteiger partial charge in [-0.2, -0.15) is 5.26 Å². The minimum Gasteiger partial charge on any atom is -0.505 e. The van der Waals surface area contributed by atoms with E-state index < -0.39 is 23.6 Å². The van der Waals surface area contributed by atoms with Crippen molar-refractivity contribution in [1.82, 2.24) is 4.98 Å². The highest BCUT2D eigenvalue weighted by Crippen LogP contribution is 2.25. The standard InChI is InChI=1S/C8H7F2N3O/c9-8(10)5-1-4(2-11)7(14)6(3-12)13-5/h1,8,14H,2,11H2. The lowest BCUT2D eigenvalue weighted by Gasteiger charge is -2.05. The average molecular weight is 199 g/mol. The van der Waals surface area contributed by atoms with Crippen LogP contribution in [-0.2, 0) is 6.54 Å². The van der Waals surface area contributed by atoms with Crippen molar-refractivity contribution in [3.63, 3.8) is 0 Å². The number of rotatable bonds is 2. The molecule has 1 rings (SSSR count). The Morgan fingerprint density at radius 3 is 2.71 bits per heavy atom. The number of aromatic hydroxyl groups is 1. The molecular weight excluding hydrogens is 192 g/mol. The SMILES string of the molecule is N#Cc1nc(C(F)F)cc(CN)c1O. The second-order valence-corrected chi connectivity index (χ2v) is 2.52. The lowest BCUT2D eigenvalue weighted by molar-refractivity contribution is 0.145. The largest absolute Gasteiger partial charge is 0.505 e. The van der Waals surface area contributed by atoms with Crippen molar-refractivity contribution in [2.75, 3.05) is 0 Å². The van der Waals surface area contributed by atoms with E-state index in [1.807, 2.05) is 0 Å². The number of halogens is 2. The Morgan fingerprint density at radius 2 is 2.29 bits per heavy atom. The van der Waals surface area contributed by atoms with Gasteiger partial charge in [-0.3, -0.25) is 0 Å². The molecule has 0 saturated carbocycles. The van der Waals surface area contributed by atoms with Gasteiger partial charge in [-0.05, 0) is 6.07 Å². The second-order valence-electron chi connectivity index (χ2n) is 2.52. The second kappa shape index (κ2) is 3.98. The molecule has 14 heavy (non-hydrogen) atoms. The van der Waals surface area contributed by atoms with Gasteiger partial charge in [-0.25, -0.2) is 13.8 Å². The predicted octanol–water partition coefficient (Wildman–Crippen LogP) is 1.06. The highest BCUT2D eigenvalue weighted by molar-refractivity contribution is 5.44. The van der Waals surface area contributed by atoms with Crippen molar-refractivity contribution < 1.29 is 13.9 Å². The summed E-state index contributed by atoms with van der Waals surface area (Å²) >= 11 is 0. The van der Waals surface area contributed by atoms with Crippen LogP contribution in [0.1, 0.15) is 23.4 Å². The Bertz CT molecular complexity index is 387. The van der Waals surface area contributed by atoms with Crippen LogP contribution in [0.2, 0.25) is 0 Å². The first-order valence-corrected chi connectivity index (χ1v) is 3.71. The van der Waals surface area contributed by atoms with Crippen molar-refractivity contribution in [3.8, 4) is 11.8 Å². The molecule has 0 aliphatic heterocycles. The fraction of sp³-hybridized carbons (Fsp3) is 0.250. The molecule has 6 heteroatoms. The van der Waals surface area contributed by atoms with E-state index in [4.69, 9.17) is 11.0 Å². The molecule has 0 bridgehead atoms. The molecule has 0 radical (unpaired) electrons. The fourth-order valence-electron chi connectivity index (χ4n) is 0.959. The smallest absolute Gasteiger partial charge is 0.280 e. The molecule has 0 unspecified atom stereocenters. The van der Waals surface area contributed by atoms with Crippen LogP contribution in [0.5, 0.6) is 5.75 Å². The first kappa shape index (κ1) is 10.3. The Labute approximate surface area is 78.6 Å². The molecule has 0 fully saturated rings. The number of nitrogens with zero attached hydrogens (tertiary/aromatic N) is 2. The lowest BCUT2D eigenvalue weighted by atomic mass is 10.1. The van der Waals surface area contributed by atoms with Crippen LogP contribution < -0.4 is 5.73 Å². The van der Waals surface area contributed by atoms with E-state index in [0.717, 1.165) is 6.07 Å². The van der Waals surface area contributed by atoms with Gasteiger partial charge in [0, 0.05) is 12.1 Å². The number of nitrogens with two attached hydrogens (primary N) is 1. The van der Waals surface area contributed by atoms with Gasteiger partial charge in [0.1, 0.15) is 11.8 Å². The Kier molecular flexibility index (Phi) is 2.94. The summed E-state index contributed by atoms with van der Waals surface area (Å²) in [6.07, 6.45) is -2.78. The van der Waals surface area contributed by atoms with Crippen molar-refractivity contribution >= 4 is 0 Å². The van der Waals surface area contributed by atoms with Crippen molar-refractivity contribution in [2.45, 2.75) is 13.0 Å². The molecule has 1 aromatic rings. The predicted molar refractivity (Wildman–Crippen MR) is 43.5 cm³/mol. The molecule has 0 aromatic carbocycles. The van der Waals surface area contributed by atoms with Gasteiger partial charge in [-0.1, -0.05) is 0 Å². The van der Waals surface area contributed by atoms with Crippen molar-refractivity contribution in [3.05, 3.63) is 23.0 Å². The zero-order valence-electron chi connectivity index (χ0n) is 7.04. The maximum atomic E-state index is 12.2. The summed E-state index contributed by atoms with van der Waals surface area (Å²) in [6, 6.07) is 2.50. The summed E-state index contributed by atoms with van der Waals surface area (Å²) < 4.78 is 24.5. The van der Waals surface area contributed by atoms with Crippen molar-refractivity contribution in [1.29, 1.82) is 5.26 Å². The Hall–Kier alpha value is -1.74. The zero-order chi connectivity index (χ0) is 10.7. The van der Waals surface area contributed by atoms with Gasteiger partial charge in [-0.15, -0.1) is 0 Å². The van der Waals surface area contributed by atoms with Crippen LogP contribution in [0, 0.1) is 11.3 Å². The highest BCUT2D eigenvalue weighted by atomic mass is 19.3. The third-order valence-corrected chi connectivity index (χ3v) is 1.64. The minimum atomic E-state index is -2.78. The van der Waals surface area contributed by atoms with Crippen molar-refractivity contribution in [2.24, 2.45) is 5.73 Å². The molecule has 0 amide bonds. The van der Waals surface area contributed by atoms with Crippen LogP contribution in [0.25, 0.3) is 0 Å². The van der Waals surface area contributed by atoms with E-state index in [0.29, 0.717) is 0 Å². The molecule has 0 spiro atoms. The molecule has 74 valence electrons. The van der Waals surface area contributed by atoms with E-state index in [2.05, 4.69) is 4.98 Å². The third-order valence-electron chi connectivity index (χ3n) is 1.64. The molecule has 0 saturated heterocycles. The number of aromatic nitrogens is 1. The van der Waals surface area contributed by atoms with Gasteiger partial charge in [0.25, 0.3) is 6.43 Å². The molecule has 4 nitrogen and oxygen atoms in total. The quantitative estimate of drug-likeness (QED) is 0.745.